The minimum Gasteiger partial charge on any atom is -0.385 e. The van der Waals surface area contributed by atoms with Gasteiger partial charge in [0.15, 0.2) is 0 Å². The number of hydrogen-bond acceptors (Lipinski definition) is 5. The highest BCUT2D eigenvalue weighted by atomic mass is 16.1. The molecule has 0 radical (unpaired) electrons. The molecule has 0 bridgehead atoms. The lowest BCUT2D eigenvalue weighted by molar-refractivity contribution is 0.0947. The zero-order valence-corrected chi connectivity index (χ0v) is 12.1. The van der Waals surface area contributed by atoms with Gasteiger partial charge >= 0.3 is 0 Å². The van der Waals surface area contributed by atoms with Crippen molar-refractivity contribution in [3.63, 3.8) is 0 Å². The number of anilines is 1. The molecule has 0 aliphatic carbocycles. The van der Waals surface area contributed by atoms with Gasteiger partial charge in [-0.2, -0.15) is 0 Å². The van der Waals surface area contributed by atoms with Crippen molar-refractivity contribution in [1.29, 1.82) is 0 Å². The summed E-state index contributed by atoms with van der Waals surface area (Å²) >= 11 is 0. The van der Waals surface area contributed by atoms with Crippen LogP contribution in [0.5, 0.6) is 0 Å². The molecule has 1 amide bonds. The number of hydrogen-bond donors (Lipinski definition) is 2. The lowest BCUT2D eigenvalue weighted by atomic mass is 10.3. The van der Waals surface area contributed by atoms with Crippen LogP contribution < -0.4 is 10.6 Å². The predicted octanol–water partition coefficient (Wildman–Crippen LogP) is 1.32. The van der Waals surface area contributed by atoms with Gasteiger partial charge in [-0.15, -0.1) is 5.10 Å². The fourth-order valence-electron chi connectivity index (χ4n) is 1.82. The maximum absolute atomic E-state index is 12.0. The van der Waals surface area contributed by atoms with Crippen LogP contribution in [-0.2, 0) is 6.54 Å². The molecule has 0 aliphatic rings. The summed E-state index contributed by atoms with van der Waals surface area (Å²) < 4.78 is 1.74. The van der Waals surface area contributed by atoms with Gasteiger partial charge in [-0.1, -0.05) is 12.1 Å². The van der Waals surface area contributed by atoms with E-state index in [0.29, 0.717) is 12.2 Å². The lowest BCUT2D eigenvalue weighted by Crippen LogP contribution is -2.26. The lowest BCUT2D eigenvalue weighted by Gasteiger charge is -2.07. The van der Waals surface area contributed by atoms with Crippen molar-refractivity contribution in [3.05, 3.63) is 36.4 Å². The summed E-state index contributed by atoms with van der Waals surface area (Å²) in [5.74, 6) is -0.159. The van der Waals surface area contributed by atoms with E-state index < -0.39 is 0 Å². The quantitative estimate of drug-likeness (QED) is 0.716. The van der Waals surface area contributed by atoms with Crippen LogP contribution >= 0.6 is 0 Å². The van der Waals surface area contributed by atoms with Gasteiger partial charge in [0.2, 0.25) is 0 Å². The van der Waals surface area contributed by atoms with Gasteiger partial charge < -0.3 is 10.6 Å². The van der Waals surface area contributed by atoms with E-state index in [4.69, 9.17) is 0 Å². The Labute approximate surface area is 123 Å². The minimum atomic E-state index is -0.159. The molecule has 2 aromatic heterocycles. The van der Waals surface area contributed by atoms with Crippen molar-refractivity contribution >= 4 is 11.6 Å². The largest absolute Gasteiger partial charge is 0.385 e. The molecule has 0 unspecified atom stereocenters. The molecule has 7 nitrogen and oxygen atoms in total. The number of aromatic nitrogens is 4. The van der Waals surface area contributed by atoms with Gasteiger partial charge in [-0.25, -0.2) is 0 Å². The van der Waals surface area contributed by atoms with Gasteiger partial charge in [-0.3, -0.25) is 14.5 Å². The van der Waals surface area contributed by atoms with Crippen LogP contribution in [0.4, 0.5) is 5.69 Å². The second kappa shape index (κ2) is 7.98. The molecule has 0 atom stereocenters. The number of rotatable bonds is 8. The van der Waals surface area contributed by atoms with Crippen LogP contribution in [0.15, 0.2) is 30.7 Å². The monoisotopic (exact) mass is 288 g/mol. The Morgan fingerprint density at radius 3 is 3.00 bits per heavy atom. The number of carbonyl (C=O) groups is 1. The number of amides is 1. The first kappa shape index (κ1) is 15.0. The average Bonchev–Trinajstić information content (AvgIpc) is 3.03. The van der Waals surface area contributed by atoms with Gasteiger partial charge in [-0.05, 0) is 25.0 Å². The van der Waals surface area contributed by atoms with Crippen LogP contribution in [0.25, 0.3) is 0 Å². The van der Waals surface area contributed by atoms with E-state index in [9.17, 15) is 4.79 Å². The van der Waals surface area contributed by atoms with Crippen molar-refractivity contribution in [2.45, 2.75) is 26.3 Å². The third-order valence-corrected chi connectivity index (χ3v) is 2.89. The van der Waals surface area contributed by atoms with Crippen LogP contribution in [0.3, 0.4) is 0 Å². The molecule has 2 heterocycles. The highest BCUT2D eigenvalue weighted by molar-refractivity contribution is 5.93. The van der Waals surface area contributed by atoms with Crippen molar-refractivity contribution in [3.8, 4) is 0 Å². The number of carbonyl (C=O) groups excluding carboxylic acids is 1. The summed E-state index contributed by atoms with van der Waals surface area (Å²) in [6.07, 6.45) is 6.90. The van der Waals surface area contributed by atoms with Crippen LogP contribution in [0, 0.1) is 0 Å². The van der Waals surface area contributed by atoms with Crippen LogP contribution in [-0.4, -0.2) is 39.0 Å². The normalized spacial score (nSPS) is 10.3. The van der Waals surface area contributed by atoms with Crippen LogP contribution in [0.2, 0.25) is 0 Å². The van der Waals surface area contributed by atoms with E-state index >= 15 is 0 Å². The molecule has 2 aromatic rings. The summed E-state index contributed by atoms with van der Waals surface area (Å²) in [5.41, 5.74) is 1.34. The number of nitrogens with one attached hydrogen (secondary N) is 2. The fraction of sp³-hybridized carbons (Fsp3) is 0.429. The van der Waals surface area contributed by atoms with E-state index in [1.165, 1.54) is 0 Å². The SMILES string of the molecule is CCCNc1ccnc(C(=O)NCCCn2ccnn2)c1. The van der Waals surface area contributed by atoms with Crippen molar-refractivity contribution in [1.82, 2.24) is 25.3 Å². The molecule has 2 rings (SSSR count). The van der Waals surface area contributed by atoms with Crippen molar-refractivity contribution < 1.29 is 4.79 Å². The van der Waals surface area contributed by atoms with Crippen LogP contribution in [0.1, 0.15) is 30.3 Å². The Morgan fingerprint density at radius 2 is 2.24 bits per heavy atom. The molecule has 0 aliphatic heterocycles. The molecular weight excluding hydrogens is 268 g/mol. The van der Waals surface area contributed by atoms with Gasteiger partial charge in [0.25, 0.3) is 5.91 Å². The summed E-state index contributed by atoms with van der Waals surface area (Å²) in [6, 6.07) is 3.62. The van der Waals surface area contributed by atoms with Gasteiger partial charge in [0, 0.05) is 37.7 Å². The summed E-state index contributed by atoms with van der Waals surface area (Å²) in [4.78, 5) is 16.1. The van der Waals surface area contributed by atoms with Gasteiger partial charge in [0.1, 0.15) is 5.69 Å². The minimum absolute atomic E-state index is 0.159. The fourth-order valence-corrected chi connectivity index (χ4v) is 1.82. The molecule has 0 saturated carbocycles. The van der Waals surface area contributed by atoms with Gasteiger partial charge in [0.05, 0.1) is 6.20 Å². The Morgan fingerprint density at radius 1 is 1.33 bits per heavy atom. The van der Waals surface area contributed by atoms with E-state index in [0.717, 1.165) is 31.6 Å². The molecule has 0 saturated heterocycles. The zero-order chi connectivity index (χ0) is 14.9. The Hall–Kier alpha value is -2.44. The van der Waals surface area contributed by atoms with E-state index in [1.54, 1.807) is 29.3 Å². The van der Waals surface area contributed by atoms with Crippen molar-refractivity contribution in [2.24, 2.45) is 0 Å². The Kier molecular flexibility index (Phi) is 5.69. The molecule has 112 valence electrons. The zero-order valence-electron chi connectivity index (χ0n) is 12.1. The van der Waals surface area contributed by atoms with E-state index in [1.807, 2.05) is 6.07 Å². The third kappa shape index (κ3) is 4.87. The summed E-state index contributed by atoms with van der Waals surface area (Å²) in [7, 11) is 0. The first-order chi connectivity index (χ1) is 10.3. The molecular formula is C14H20N6O. The average molecular weight is 288 g/mol. The summed E-state index contributed by atoms with van der Waals surface area (Å²) in [6.45, 7) is 4.28. The maximum atomic E-state index is 12.0. The number of nitrogens with zero attached hydrogens (tertiary/aromatic N) is 4. The number of pyridine rings is 1. The highest BCUT2D eigenvalue weighted by Gasteiger charge is 2.07. The first-order valence-corrected chi connectivity index (χ1v) is 7.12. The molecule has 2 N–H and O–H groups in total. The highest BCUT2D eigenvalue weighted by Crippen LogP contribution is 2.07. The maximum Gasteiger partial charge on any atom is 0.269 e. The second-order valence-corrected chi connectivity index (χ2v) is 4.63. The Bertz CT molecular complexity index is 554. The molecule has 0 aromatic carbocycles. The molecule has 7 heteroatoms. The van der Waals surface area contributed by atoms with E-state index in [-0.39, 0.29) is 5.91 Å². The second-order valence-electron chi connectivity index (χ2n) is 4.63. The summed E-state index contributed by atoms with van der Waals surface area (Å²) in [5, 5.41) is 13.7. The molecule has 0 spiro atoms. The Balaban J connectivity index is 1.77. The topological polar surface area (TPSA) is 84.7 Å². The third-order valence-electron chi connectivity index (χ3n) is 2.89. The molecule has 0 fully saturated rings. The first-order valence-electron chi connectivity index (χ1n) is 7.12. The molecule has 21 heavy (non-hydrogen) atoms. The van der Waals surface area contributed by atoms with E-state index in [2.05, 4.69) is 32.9 Å². The smallest absolute Gasteiger partial charge is 0.269 e. The predicted molar refractivity (Wildman–Crippen MR) is 80.0 cm³/mol. The van der Waals surface area contributed by atoms with Crippen molar-refractivity contribution in [2.75, 3.05) is 18.4 Å². The standard InChI is InChI=1S/C14H20N6O/c1-2-5-15-12-4-7-16-13(11-12)14(21)17-6-3-9-20-10-8-18-19-20/h4,7-8,10-11H,2-3,5-6,9H2,1H3,(H,15,16)(H,17,21). The number of aryl methyl sites for hydroxylation is 1.